The SMILES string of the molecule is CCC(C)NS(=O)(=O)c1cc(-c2onc(C)c2C)ccc1OC. The van der Waals surface area contributed by atoms with Crippen LogP contribution in [0.2, 0.25) is 0 Å². The van der Waals surface area contributed by atoms with Crippen molar-refractivity contribution >= 4 is 10.0 Å². The third-order valence-electron chi connectivity index (χ3n) is 3.84. The highest BCUT2D eigenvalue weighted by atomic mass is 32.2. The number of hydrogen-bond donors (Lipinski definition) is 1. The quantitative estimate of drug-likeness (QED) is 0.875. The molecule has 1 aromatic heterocycles. The number of ether oxygens (including phenoxy) is 1. The molecule has 23 heavy (non-hydrogen) atoms. The highest BCUT2D eigenvalue weighted by Crippen LogP contribution is 2.32. The molecule has 0 saturated carbocycles. The Morgan fingerprint density at radius 1 is 1.35 bits per heavy atom. The highest BCUT2D eigenvalue weighted by Gasteiger charge is 2.23. The maximum absolute atomic E-state index is 12.6. The van der Waals surface area contributed by atoms with Gasteiger partial charge in [-0.1, -0.05) is 12.1 Å². The first-order valence-corrected chi connectivity index (χ1v) is 8.92. The summed E-state index contributed by atoms with van der Waals surface area (Å²) < 4.78 is 38.4. The van der Waals surface area contributed by atoms with Crippen molar-refractivity contribution in [3.63, 3.8) is 0 Å². The lowest BCUT2D eigenvalue weighted by molar-refractivity contribution is 0.401. The predicted molar refractivity (Wildman–Crippen MR) is 88.0 cm³/mol. The maximum atomic E-state index is 12.6. The zero-order valence-corrected chi connectivity index (χ0v) is 14.8. The lowest BCUT2D eigenvalue weighted by Gasteiger charge is -2.15. The summed E-state index contributed by atoms with van der Waals surface area (Å²) in [5, 5.41) is 3.92. The molecular weight excluding hydrogens is 316 g/mol. The molecule has 2 rings (SSSR count). The van der Waals surface area contributed by atoms with E-state index in [0.29, 0.717) is 23.5 Å². The standard InChI is InChI=1S/C16H22N2O4S/c1-6-10(2)18-23(19,20)15-9-13(7-8-14(15)21-5)16-11(3)12(4)17-22-16/h7-10,18H,6H2,1-5H3. The fourth-order valence-corrected chi connectivity index (χ4v) is 3.65. The van der Waals surface area contributed by atoms with E-state index in [0.717, 1.165) is 11.3 Å². The number of methoxy groups -OCH3 is 1. The summed E-state index contributed by atoms with van der Waals surface area (Å²) in [4.78, 5) is 0.0891. The van der Waals surface area contributed by atoms with Crippen LogP contribution in [0.25, 0.3) is 11.3 Å². The van der Waals surface area contributed by atoms with E-state index < -0.39 is 10.0 Å². The van der Waals surface area contributed by atoms with Gasteiger partial charge in [0.15, 0.2) is 5.76 Å². The molecule has 126 valence electrons. The Morgan fingerprint density at radius 3 is 2.57 bits per heavy atom. The zero-order chi connectivity index (χ0) is 17.2. The summed E-state index contributed by atoms with van der Waals surface area (Å²) in [5.74, 6) is 0.851. The molecular formula is C16H22N2O4S. The van der Waals surface area contributed by atoms with E-state index in [9.17, 15) is 8.42 Å². The van der Waals surface area contributed by atoms with Gasteiger partial charge in [0.25, 0.3) is 0 Å². The summed E-state index contributed by atoms with van der Waals surface area (Å²) in [5.41, 5.74) is 2.31. The second-order valence-electron chi connectivity index (χ2n) is 5.52. The Morgan fingerprint density at radius 2 is 2.04 bits per heavy atom. The second-order valence-corrected chi connectivity index (χ2v) is 7.20. The number of benzene rings is 1. The van der Waals surface area contributed by atoms with Crippen LogP contribution in [0.15, 0.2) is 27.6 Å². The summed E-state index contributed by atoms with van der Waals surface area (Å²) >= 11 is 0. The van der Waals surface area contributed by atoms with Gasteiger partial charge in [0.2, 0.25) is 10.0 Å². The van der Waals surface area contributed by atoms with Crippen molar-refractivity contribution in [2.45, 2.75) is 45.1 Å². The molecule has 0 radical (unpaired) electrons. The Labute approximate surface area is 136 Å². The molecule has 1 aromatic carbocycles. The first-order valence-electron chi connectivity index (χ1n) is 7.43. The lowest BCUT2D eigenvalue weighted by Crippen LogP contribution is -2.32. The molecule has 0 aliphatic carbocycles. The van der Waals surface area contributed by atoms with E-state index in [2.05, 4.69) is 9.88 Å². The van der Waals surface area contributed by atoms with Crippen LogP contribution in [0.4, 0.5) is 0 Å². The summed E-state index contributed by atoms with van der Waals surface area (Å²) in [6, 6.07) is 4.77. The third-order valence-corrected chi connectivity index (χ3v) is 5.45. The van der Waals surface area contributed by atoms with Crippen LogP contribution >= 0.6 is 0 Å². The van der Waals surface area contributed by atoms with E-state index in [-0.39, 0.29) is 10.9 Å². The van der Waals surface area contributed by atoms with E-state index in [1.807, 2.05) is 27.7 Å². The van der Waals surface area contributed by atoms with Gasteiger partial charge in [0, 0.05) is 17.2 Å². The summed E-state index contributed by atoms with van der Waals surface area (Å²) in [6.07, 6.45) is 0.696. The van der Waals surface area contributed by atoms with Crippen molar-refractivity contribution in [1.82, 2.24) is 9.88 Å². The van der Waals surface area contributed by atoms with Gasteiger partial charge in [0.1, 0.15) is 10.6 Å². The molecule has 0 saturated heterocycles. The van der Waals surface area contributed by atoms with Gasteiger partial charge in [-0.3, -0.25) is 0 Å². The number of nitrogens with one attached hydrogen (secondary N) is 1. The number of sulfonamides is 1. The average Bonchev–Trinajstić information content (AvgIpc) is 2.85. The first-order chi connectivity index (χ1) is 10.8. The minimum absolute atomic E-state index is 0.0891. The first kappa shape index (κ1) is 17.5. The van der Waals surface area contributed by atoms with Crippen molar-refractivity contribution in [3.05, 3.63) is 29.5 Å². The smallest absolute Gasteiger partial charge is 0.244 e. The molecule has 0 amide bonds. The van der Waals surface area contributed by atoms with Gasteiger partial charge in [-0.05, 0) is 45.4 Å². The Kier molecular flexibility index (Phi) is 5.11. The molecule has 7 heteroatoms. The van der Waals surface area contributed by atoms with Crippen LogP contribution in [-0.4, -0.2) is 26.7 Å². The van der Waals surface area contributed by atoms with Crippen LogP contribution < -0.4 is 9.46 Å². The number of rotatable bonds is 6. The molecule has 0 fully saturated rings. The molecule has 1 N–H and O–H groups in total. The van der Waals surface area contributed by atoms with Crippen molar-refractivity contribution < 1.29 is 17.7 Å². The van der Waals surface area contributed by atoms with Gasteiger partial charge < -0.3 is 9.26 Å². The molecule has 0 spiro atoms. The molecule has 0 aliphatic heterocycles. The summed E-state index contributed by atoms with van der Waals surface area (Å²) in [6.45, 7) is 7.46. The van der Waals surface area contributed by atoms with Crippen LogP contribution in [0.3, 0.4) is 0 Å². The average molecular weight is 338 g/mol. The molecule has 0 aliphatic rings. The summed E-state index contributed by atoms with van der Waals surface area (Å²) in [7, 11) is -2.24. The topological polar surface area (TPSA) is 81.4 Å². The van der Waals surface area contributed by atoms with Crippen molar-refractivity contribution in [1.29, 1.82) is 0 Å². The molecule has 1 unspecified atom stereocenters. The molecule has 0 bridgehead atoms. The van der Waals surface area contributed by atoms with E-state index in [1.165, 1.54) is 7.11 Å². The van der Waals surface area contributed by atoms with Crippen LogP contribution in [-0.2, 0) is 10.0 Å². The van der Waals surface area contributed by atoms with E-state index in [1.54, 1.807) is 18.2 Å². The number of aryl methyl sites for hydroxylation is 1. The van der Waals surface area contributed by atoms with Gasteiger partial charge in [-0.15, -0.1) is 0 Å². The van der Waals surface area contributed by atoms with Gasteiger partial charge in [-0.2, -0.15) is 0 Å². The molecule has 6 nitrogen and oxygen atoms in total. The molecule has 1 atom stereocenters. The maximum Gasteiger partial charge on any atom is 0.244 e. The third kappa shape index (κ3) is 3.56. The van der Waals surface area contributed by atoms with Gasteiger partial charge >= 0.3 is 0 Å². The van der Waals surface area contributed by atoms with E-state index >= 15 is 0 Å². The van der Waals surface area contributed by atoms with E-state index in [4.69, 9.17) is 9.26 Å². The predicted octanol–water partition coefficient (Wildman–Crippen LogP) is 3.04. The molecule has 1 heterocycles. The van der Waals surface area contributed by atoms with Crippen molar-refractivity contribution in [2.24, 2.45) is 0 Å². The minimum Gasteiger partial charge on any atom is -0.495 e. The Hall–Kier alpha value is -1.86. The molecule has 2 aromatic rings. The second kappa shape index (κ2) is 6.72. The Bertz CT molecular complexity index is 796. The van der Waals surface area contributed by atoms with Crippen LogP contribution in [0.1, 0.15) is 31.5 Å². The fraction of sp³-hybridized carbons (Fsp3) is 0.438. The Balaban J connectivity index is 2.54. The van der Waals surface area contributed by atoms with Crippen molar-refractivity contribution in [3.8, 4) is 17.1 Å². The largest absolute Gasteiger partial charge is 0.495 e. The van der Waals surface area contributed by atoms with Crippen LogP contribution in [0.5, 0.6) is 5.75 Å². The number of aromatic nitrogens is 1. The fourth-order valence-electron chi connectivity index (χ4n) is 2.12. The normalized spacial score (nSPS) is 13.1. The highest BCUT2D eigenvalue weighted by molar-refractivity contribution is 7.89. The lowest BCUT2D eigenvalue weighted by atomic mass is 10.1. The zero-order valence-electron chi connectivity index (χ0n) is 14.0. The monoisotopic (exact) mass is 338 g/mol. The van der Waals surface area contributed by atoms with Gasteiger partial charge in [-0.25, -0.2) is 13.1 Å². The van der Waals surface area contributed by atoms with Crippen LogP contribution in [0, 0.1) is 13.8 Å². The van der Waals surface area contributed by atoms with Crippen molar-refractivity contribution in [2.75, 3.05) is 7.11 Å². The van der Waals surface area contributed by atoms with Gasteiger partial charge in [0.05, 0.1) is 12.8 Å². The minimum atomic E-state index is -3.69. The number of nitrogens with zero attached hydrogens (tertiary/aromatic N) is 1. The number of hydrogen-bond acceptors (Lipinski definition) is 5.